The summed E-state index contributed by atoms with van der Waals surface area (Å²) in [6.45, 7) is 0.603. The molecule has 21 heavy (non-hydrogen) atoms. The van der Waals surface area contributed by atoms with Crippen LogP contribution in [0.25, 0.3) is 11.1 Å². The lowest BCUT2D eigenvalue weighted by Gasteiger charge is -2.00. The molecule has 0 saturated carbocycles. The molecule has 2 heterocycles. The Labute approximate surface area is 119 Å². The molecule has 0 amide bonds. The van der Waals surface area contributed by atoms with Gasteiger partial charge in [-0.05, 0) is 24.1 Å². The van der Waals surface area contributed by atoms with Crippen LogP contribution in [0.4, 0.5) is 11.7 Å². The highest BCUT2D eigenvalue weighted by molar-refractivity contribution is 5.83. The third-order valence-corrected chi connectivity index (χ3v) is 3.01. The molecule has 0 radical (unpaired) electrons. The van der Waals surface area contributed by atoms with Crippen LogP contribution in [0.1, 0.15) is 5.56 Å². The quantitative estimate of drug-likeness (QED) is 0.572. The maximum atomic E-state index is 10.9. The van der Waals surface area contributed by atoms with E-state index in [2.05, 4.69) is 15.3 Å². The average Bonchev–Trinajstić information content (AvgIpc) is 2.90. The molecule has 3 aromatic rings. The van der Waals surface area contributed by atoms with Gasteiger partial charge in [-0.15, -0.1) is 0 Å². The molecule has 0 aliphatic rings. The van der Waals surface area contributed by atoms with Crippen molar-refractivity contribution >= 4 is 22.8 Å². The van der Waals surface area contributed by atoms with Crippen LogP contribution >= 0.6 is 0 Å². The maximum Gasteiger partial charge on any atom is 0.298 e. The van der Waals surface area contributed by atoms with Gasteiger partial charge in [0.15, 0.2) is 11.1 Å². The second-order valence-electron chi connectivity index (χ2n) is 4.44. The van der Waals surface area contributed by atoms with Crippen LogP contribution in [-0.4, -0.2) is 21.4 Å². The van der Waals surface area contributed by atoms with Crippen molar-refractivity contribution in [3.63, 3.8) is 0 Å². The van der Waals surface area contributed by atoms with Gasteiger partial charge in [0, 0.05) is 25.0 Å². The fraction of sp³-hybridized carbons (Fsp3) is 0.143. The van der Waals surface area contributed by atoms with Gasteiger partial charge >= 0.3 is 0 Å². The first-order valence-corrected chi connectivity index (χ1v) is 6.41. The molecule has 0 bridgehead atoms. The first-order valence-electron chi connectivity index (χ1n) is 6.41. The number of para-hydroxylation sites is 1. The van der Waals surface area contributed by atoms with Crippen molar-refractivity contribution in [2.24, 2.45) is 0 Å². The van der Waals surface area contributed by atoms with Crippen LogP contribution in [0.5, 0.6) is 0 Å². The van der Waals surface area contributed by atoms with Gasteiger partial charge in [-0.1, -0.05) is 12.1 Å². The third kappa shape index (κ3) is 2.81. The number of aromatic nitrogens is 2. The molecule has 0 spiro atoms. The van der Waals surface area contributed by atoms with Crippen LogP contribution < -0.4 is 5.32 Å². The minimum atomic E-state index is -0.468. The van der Waals surface area contributed by atoms with Gasteiger partial charge in [0.2, 0.25) is 0 Å². The first kappa shape index (κ1) is 13.0. The van der Waals surface area contributed by atoms with Crippen LogP contribution in [-0.2, 0) is 6.42 Å². The Balaban J connectivity index is 1.73. The number of benzene rings is 1. The summed E-state index contributed by atoms with van der Waals surface area (Å²) in [7, 11) is 0. The van der Waals surface area contributed by atoms with Crippen molar-refractivity contribution in [2.45, 2.75) is 6.42 Å². The van der Waals surface area contributed by atoms with Gasteiger partial charge in [0.05, 0.1) is 4.92 Å². The summed E-state index contributed by atoms with van der Waals surface area (Å²) in [6.07, 6.45) is 4.27. The second kappa shape index (κ2) is 5.58. The fourth-order valence-corrected chi connectivity index (χ4v) is 2.02. The molecule has 0 aliphatic carbocycles. The van der Waals surface area contributed by atoms with E-state index in [0.717, 1.165) is 12.0 Å². The van der Waals surface area contributed by atoms with Crippen molar-refractivity contribution in [3.05, 3.63) is 58.4 Å². The van der Waals surface area contributed by atoms with Gasteiger partial charge < -0.3 is 9.73 Å². The predicted octanol–water partition coefficient (Wildman–Crippen LogP) is 2.79. The summed E-state index contributed by atoms with van der Waals surface area (Å²) in [4.78, 5) is 18.6. The molecule has 106 valence electrons. The summed E-state index contributed by atoms with van der Waals surface area (Å²) < 4.78 is 5.45. The van der Waals surface area contributed by atoms with Crippen molar-refractivity contribution in [1.29, 1.82) is 0 Å². The molecule has 3 rings (SSSR count). The minimum absolute atomic E-state index is 0.0587. The van der Waals surface area contributed by atoms with Crippen molar-refractivity contribution in [1.82, 2.24) is 9.97 Å². The average molecular weight is 284 g/mol. The Bertz CT molecular complexity index is 770. The van der Waals surface area contributed by atoms with E-state index in [0.29, 0.717) is 12.1 Å². The largest absolute Gasteiger partial charge is 0.423 e. The number of nitro benzene ring substituents is 1. The van der Waals surface area contributed by atoms with E-state index in [1.165, 1.54) is 6.07 Å². The van der Waals surface area contributed by atoms with Gasteiger partial charge in [-0.2, -0.15) is 4.98 Å². The summed E-state index contributed by atoms with van der Waals surface area (Å²) in [6, 6.07) is 8.77. The number of pyridine rings is 1. The van der Waals surface area contributed by atoms with E-state index >= 15 is 0 Å². The van der Waals surface area contributed by atoms with Crippen LogP contribution in [0.3, 0.4) is 0 Å². The standard InChI is InChI=1S/C14H12N4O3/c19-18(20)11-4-1-5-12-13(11)17-14(21-12)16-8-6-10-3-2-7-15-9-10/h1-5,7,9H,6,8H2,(H,16,17). The number of fused-ring (bicyclic) bond motifs is 1. The maximum absolute atomic E-state index is 10.9. The lowest BCUT2D eigenvalue weighted by atomic mass is 10.2. The number of nitro groups is 1. The highest BCUT2D eigenvalue weighted by Crippen LogP contribution is 2.27. The Hall–Kier alpha value is -2.96. The predicted molar refractivity (Wildman–Crippen MR) is 77.1 cm³/mol. The molecule has 0 fully saturated rings. The zero-order valence-electron chi connectivity index (χ0n) is 11.0. The Kier molecular flexibility index (Phi) is 3.46. The number of rotatable bonds is 5. The van der Waals surface area contributed by atoms with Gasteiger partial charge in [-0.3, -0.25) is 15.1 Å². The lowest BCUT2D eigenvalue weighted by molar-refractivity contribution is -0.383. The highest BCUT2D eigenvalue weighted by Gasteiger charge is 2.16. The van der Waals surface area contributed by atoms with E-state index < -0.39 is 4.92 Å². The van der Waals surface area contributed by atoms with Crippen molar-refractivity contribution in [2.75, 3.05) is 11.9 Å². The molecular formula is C14H12N4O3. The van der Waals surface area contributed by atoms with Gasteiger partial charge in [0.1, 0.15) is 0 Å². The molecule has 0 unspecified atom stereocenters. The number of hydrogen-bond donors (Lipinski definition) is 1. The number of non-ortho nitro benzene ring substituents is 1. The topological polar surface area (TPSA) is 94.1 Å². The summed E-state index contributed by atoms with van der Waals surface area (Å²) in [5.41, 5.74) is 1.68. The first-order chi connectivity index (χ1) is 10.2. The Morgan fingerprint density at radius 3 is 2.95 bits per heavy atom. The minimum Gasteiger partial charge on any atom is -0.423 e. The lowest BCUT2D eigenvalue weighted by Crippen LogP contribution is -2.05. The fourth-order valence-electron chi connectivity index (χ4n) is 2.02. The summed E-state index contributed by atoms with van der Waals surface area (Å²) in [5.74, 6) is 0. The second-order valence-corrected chi connectivity index (χ2v) is 4.44. The highest BCUT2D eigenvalue weighted by atomic mass is 16.6. The molecule has 0 atom stereocenters. The molecule has 2 aromatic heterocycles. The summed E-state index contributed by atoms with van der Waals surface area (Å²) in [5, 5.41) is 13.9. The van der Waals surface area contributed by atoms with E-state index in [4.69, 9.17) is 4.42 Å². The smallest absolute Gasteiger partial charge is 0.298 e. The molecule has 7 nitrogen and oxygen atoms in total. The van der Waals surface area contributed by atoms with Crippen LogP contribution in [0.2, 0.25) is 0 Å². The number of anilines is 1. The van der Waals surface area contributed by atoms with Crippen molar-refractivity contribution < 1.29 is 9.34 Å². The molecular weight excluding hydrogens is 272 g/mol. The molecule has 1 N–H and O–H groups in total. The molecule has 1 aromatic carbocycles. The van der Waals surface area contributed by atoms with Crippen LogP contribution in [0.15, 0.2) is 47.1 Å². The van der Waals surface area contributed by atoms with E-state index in [1.807, 2.05) is 12.1 Å². The molecule has 7 heteroatoms. The normalized spacial score (nSPS) is 10.7. The van der Waals surface area contributed by atoms with Gasteiger partial charge in [0.25, 0.3) is 11.7 Å². The monoisotopic (exact) mass is 284 g/mol. The third-order valence-electron chi connectivity index (χ3n) is 3.01. The Morgan fingerprint density at radius 2 is 2.19 bits per heavy atom. The number of hydrogen-bond acceptors (Lipinski definition) is 6. The number of oxazole rings is 1. The zero-order valence-corrected chi connectivity index (χ0v) is 11.0. The SMILES string of the molecule is O=[N+]([O-])c1cccc2oc(NCCc3cccnc3)nc12. The molecule has 0 saturated heterocycles. The zero-order chi connectivity index (χ0) is 14.7. The van der Waals surface area contributed by atoms with Gasteiger partial charge in [-0.25, -0.2) is 0 Å². The molecule has 0 aliphatic heterocycles. The number of nitrogens with one attached hydrogen (secondary N) is 1. The van der Waals surface area contributed by atoms with E-state index in [-0.39, 0.29) is 17.2 Å². The van der Waals surface area contributed by atoms with Crippen molar-refractivity contribution in [3.8, 4) is 0 Å². The van der Waals surface area contributed by atoms with E-state index in [1.54, 1.807) is 24.5 Å². The van der Waals surface area contributed by atoms with E-state index in [9.17, 15) is 10.1 Å². The number of nitrogens with zero attached hydrogens (tertiary/aromatic N) is 3. The van der Waals surface area contributed by atoms with Crippen LogP contribution in [0, 0.1) is 10.1 Å². The summed E-state index contributed by atoms with van der Waals surface area (Å²) >= 11 is 0. The Morgan fingerprint density at radius 1 is 1.29 bits per heavy atom.